The lowest BCUT2D eigenvalue weighted by Crippen LogP contribution is -2.54. The Labute approximate surface area is 152 Å². The molecule has 7 nitrogen and oxygen atoms in total. The van der Waals surface area contributed by atoms with Crippen molar-refractivity contribution in [3.05, 3.63) is 29.1 Å². The van der Waals surface area contributed by atoms with Crippen molar-refractivity contribution in [2.75, 3.05) is 59.3 Å². The van der Waals surface area contributed by atoms with Gasteiger partial charge in [-0.2, -0.15) is 0 Å². The molecule has 2 saturated heterocycles. The summed E-state index contributed by atoms with van der Waals surface area (Å²) >= 11 is 0. The Bertz CT molecular complexity index is 658. The predicted molar refractivity (Wildman–Crippen MR) is 91.3 cm³/mol. The van der Waals surface area contributed by atoms with Crippen molar-refractivity contribution >= 4 is 6.03 Å². The number of rotatable bonds is 2. The molecule has 0 aromatic heterocycles. The number of benzene rings is 1. The Kier molecular flexibility index (Phi) is 5.23. The third kappa shape index (κ3) is 3.77. The van der Waals surface area contributed by atoms with Crippen molar-refractivity contribution < 1.29 is 23.4 Å². The van der Waals surface area contributed by atoms with Gasteiger partial charge in [-0.05, 0) is 12.1 Å². The van der Waals surface area contributed by atoms with Crippen LogP contribution < -0.4 is 4.74 Å². The topological polar surface area (TPSA) is 54.5 Å². The fourth-order valence-corrected chi connectivity index (χ4v) is 3.67. The van der Waals surface area contributed by atoms with Crippen molar-refractivity contribution in [1.82, 2.24) is 14.7 Å². The number of urea groups is 1. The Hall–Kier alpha value is -1.90. The number of hydrogen-bond acceptors (Lipinski definition) is 5. The van der Waals surface area contributed by atoms with E-state index >= 15 is 0 Å². The molecule has 142 valence electrons. The van der Waals surface area contributed by atoms with E-state index in [1.165, 1.54) is 12.1 Å². The van der Waals surface area contributed by atoms with Crippen molar-refractivity contribution in [3.8, 4) is 5.75 Å². The SMILES string of the molecule is O=C(N1CCOCC1)N1CCN(Cc2cc(F)cc3c2OCOC3)CC1. The van der Waals surface area contributed by atoms with E-state index in [1.54, 1.807) is 0 Å². The van der Waals surface area contributed by atoms with Crippen molar-refractivity contribution in [2.45, 2.75) is 13.2 Å². The Morgan fingerprint density at radius 3 is 2.50 bits per heavy atom. The van der Waals surface area contributed by atoms with Crippen molar-refractivity contribution in [2.24, 2.45) is 0 Å². The molecule has 0 N–H and O–H groups in total. The molecule has 0 saturated carbocycles. The quantitative estimate of drug-likeness (QED) is 0.790. The van der Waals surface area contributed by atoms with Crippen LogP contribution >= 0.6 is 0 Å². The summed E-state index contributed by atoms with van der Waals surface area (Å²) in [5.41, 5.74) is 1.60. The first-order valence-corrected chi connectivity index (χ1v) is 9.06. The van der Waals surface area contributed by atoms with Gasteiger partial charge in [0.1, 0.15) is 11.6 Å². The van der Waals surface area contributed by atoms with Gasteiger partial charge in [-0.1, -0.05) is 0 Å². The normalized spacial score (nSPS) is 21.3. The maximum atomic E-state index is 13.9. The van der Waals surface area contributed by atoms with Crippen LogP contribution in [0.15, 0.2) is 12.1 Å². The number of halogens is 1. The average molecular weight is 365 g/mol. The van der Waals surface area contributed by atoms with Crippen LogP contribution in [0.1, 0.15) is 11.1 Å². The van der Waals surface area contributed by atoms with Gasteiger partial charge in [-0.15, -0.1) is 0 Å². The van der Waals surface area contributed by atoms with Gasteiger partial charge in [-0.25, -0.2) is 9.18 Å². The molecule has 0 atom stereocenters. The van der Waals surface area contributed by atoms with Crippen LogP contribution in [0.4, 0.5) is 9.18 Å². The zero-order chi connectivity index (χ0) is 17.9. The second-order valence-corrected chi connectivity index (χ2v) is 6.81. The first kappa shape index (κ1) is 17.5. The van der Waals surface area contributed by atoms with E-state index in [-0.39, 0.29) is 18.6 Å². The predicted octanol–water partition coefficient (Wildman–Crippen LogP) is 1.26. The highest BCUT2D eigenvalue weighted by Crippen LogP contribution is 2.30. The minimum atomic E-state index is -0.269. The number of morpholine rings is 1. The fraction of sp³-hybridized carbons (Fsp3) is 0.611. The highest BCUT2D eigenvalue weighted by atomic mass is 19.1. The molecule has 0 radical (unpaired) electrons. The van der Waals surface area contributed by atoms with Crippen LogP contribution in [0.5, 0.6) is 5.75 Å². The molecule has 3 aliphatic heterocycles. The highest BCUT2D eigenvalue weighted by Gasteiger charge is 2.27. The lowest BCUT2D eigenvalue weighted by molar-refractivity contribution is -0.0178. The zero-order valence-electron chi connectivity index (χ0n) is 14.8. The Balaban J connectivity index is 1.35. The third-order valence-electron chi connectivity index (χ3n) is 5.07. The molecule has 1 aromatic rings. The monoisotopic (exact) mass is 365 g/mol. The number of piperazine rings is 1. The van der Waals surface area contributed by atoms with Gasteiger partial charge >= 0.3 is 6.03 Å². The van der Waals surface area contributed by atoms with Crippen LogP contribution in [0.25, 0.3) is 0 Å². The molecule has 8 heteroatoms. The van der Waals surface area contributed by atoms with Gasteiger partial charge in [0.2, 0.25) is 0 Å². The number of ether oxygens (including phenoxy) is 3. The Morgan fingerprint density at radius 1 is 1.00 bits per heavy atom. The van der Waals surface area contributed by atoms with Crippen LogP contribution in [0.3, 0.4) is 0 Å². The molecule has 0 bridgehead atoms. The van der Waals surface area contributed by atoms with E-state index in [9.17, 15) is 9.18 Å². The molecule has 0 unspecified atom stereocenters. The minimum Gasteiger partial charge on any atom is -0.467 e. The second kappa shape index (κ2) is 7.77. The molecular formula is C18H24FN3O4. The molecule has 2 fully saturated rings. The fourth-order valence-electron chi connectivity index (χ4n) is 3.67. The summed E-state index contributed by atoms with van der Waals surface area (Å²) in [6, 6.07) is 3.10. The zero-order valence-corrected chi connectivity index (χ0v) is 14.8. The molecule has 3 heterocycles. The van der Waals surface area contributed by atoms with Crippen LogP contribution in [0.2, 0.25) is 0 Å². The number of fused-ring (bicyclic) bond motifs is 1. The number of carbonyl (C=O) groups is 1. The Morgan fingerprint density at radius 2 is 1.73 bits per heavy atom. The van der Waals surface area contributed by atoms with Gasteiger partial charge in [0.25, 0.3) is 0 Å². The van der Waals surface area contributed by atoms with E-state index in [1.807, 2.05) is 9.80 Å². The molecule has 0 aliphatic carbocycles. The number of hydrogen-bond donors (Lipinski definition) is 0. The smallest absolute Gasteiger partial charge is 0.320 e. The largest absolute Gasteiger partial charge is 0.467 e. The molecule has 0 spiro atoms. The van der Waals surface area contributed by atoms with Crippen molar-refractivity contribution in [3.63, 3.8) is 0 Å². The maximum Gasteiger partial charge on any atom is 0.320 e. The van der Waals surface area contributed by atoms with Crippen LogP contribution in [-0.2, 0) is 22.6 Å². The van der Waals surface area contributed by atoms with E-state index in [2.05, 4.69) is 4.90 Å². The standard InChI is InChI=1S/C18H24FN3O4/c19-16-9-14(17-15(10-16)12-25-13-26-17)11-20-1-3-21(4-2-20)18(23)22-5-7-24-8-6-22/h9-10H,1-8,11-13H2. The molecule has 4 rings (SSSR count). The van der Waals surface area contributed by atoms with Gasteiger partial charge in [0.15, 0.2) is 6.79 Å². The minimum absolute atomic E-state index is 0.0940. The number of carbonyl (C=O) groups excluding carboxylic acids is 1. The summed E-state index contributed by atoms with van der Waals surface area (Å²) in [4.78, 5) is 18.5. The average Bonchev–Trinajstić information content (AvgIpc) is 2.68. The molecular weight excluding hydrogens is 341 g/mol. The summed E-state index contributed by atoms with van der Waals surface area (Å²) in [6.45, 7) is 6.61. The summed E-state index contributed by atoms with van der Waals surface area (Å²) < 4.78 is 30.0. The van der Waals surface area contributed by atoms with E-state index in [0.29, 0.717) is 52.5 Å². The summed E-state index contributed by atoms with van der Waals surface area (Å²) in [6.07, 6.45) is 0. The third-order valence-corrected chi connectivity index (χ3v) is 5.07. The highest BCUT2D eigenvalue weighted by molar-refractivity contribution is 5.74. The van der Waals surface area contributed by atoms with Crippen molar-refractivity contribution in [1.29, 1.82) is 0 Å². The molecule has 2 amide bonds. The van der Waals surface area contributed by atoms with E-state index in [4.69, 9.17) is 14.2 Å². The summed E-state index contributed by atoms with van der Waals surface area (Å²) in [7, 11) is 0. The molecule has 1 aromatic carbocycles. The van der Waals surface area contributed by atoms with Gasteiger partial charge in [-0.3, -0.25) is 4.90 Å². The first-order valence-electron chi connectivity index (χ1n) is 9.06. The van der Waals surface area contributed by atoms with Gasteiger partial charge < -0.3 is 24.0 Å². The van der Waals surface area contributed by atoms with E-state index in [0.717, 1.165) is 30.0 Å². The lowest BCUT2D eigenvalue weighted by Gasteiger charge is -2.38. The lowest BCUT2D eigenvalue weighted by atomic mass is 10.1. The van der Waals surface area contributed by atoms with Gasteiger partial charge in [0.05, 0.1) is 19.8 Å². The van der Waals surface area contributed by atoms with Gasteiger partial charge in [0, 0.05) is 56.9 Å². The second-order valence-electron chi connectivity index (χ2n) is 6.81. The molecule has 26 heavy (non-hydrogen) atoms. The molecule has 3 aliphatic rings. The first-order chi connectivity index (χ1) is 12.7. The van der Waals surface area contributed by atoms with Crippen LogP contribution in [0, 0.1) is 5.82 Å². The number of amides is 2. The summed E-state index contributed by atoms with van der Waals surface area (Å²) in [5.74, 6) is 0.471. The maximum absolute atomic E-state index is 13.9. The van der Waals surface area contributed by atoms with Crippen LogP contribution in [-0.4, -0.2) is 80.0 Å². The van der Waals surface area contributed by atoms with E-state index < -0.39 is 0 Å². The summed E-state index contributed by atoms with van der Waals surface area (Å²) in [5, 5.41) is 0. The number of nitrogens with zero attached hydrogens (tertiary/aromatic N) is 3.